The summed E-state index contributed by atoms with van der Waals surface area (Å²) >= 11 is 0. The van der Waals surface area contributed by atoms with E-state index in [1.165, 1.54) is 0 Å². The second-order valence-electron chi connectivity index (χ2n) is 8.74. The van der Waals surface area contributed by atoms with Crippen molar-refractivity contribution in [3.63, 3.8) is 0 Å². The maximum Gasteiger partial charge on any atom is 0.272 e. The third kappa shape index (κ3) is 3.90. The Morgan fingerprint density at radius 1 is 0.971 bits per heavy atom. The molecule has 0 aromatic heterocycles. The van der Waals surface area contributed by atoms with E-state index in [9.17, 15) is 14.9 Å². The number of ether oxygens (including phenoxy) is 1. The topological polar surface area (TPSA) is 93.5 Å². The average Bonchev–Trinajstić information content (AvgIpc) is 3.01. The molecule has 1 aliphatic heterocycles. The monoisotopic (exact) mass is 455 g/mol. The van der Waals surface area contributed by atoms with Gasteiger partial charge in [0.2, 0.25) is 0 Å². The minimum absolute atomic E-state index is 0.0305. The van der Waals surface area contributed by atoms with Crippen LogP contribution in [0.2, 0.25) is 0 Å². The molecule has 34 heavy (non-hydrogen) atoms. The molecule has 0 unspecified atom stereocenters. The molecular weight excluding hydrogens is 430 g/mol. The summed E-state index contributed by atoms with van der Waals surface area (Å²) in [6, 6.07) is 20.3. The van der Waals surface area contributed by atoms with Gasteiger partial charge in [0.05, 0.1) is 29.4 Å². The largest absolute Gasteiger partial charge is 0.497 e. The maximum absolute atomic E-state index is 13.6. The maximum atomic E-state index is 13.6. The summed E-state index contributed by atoms with van der Waals surface area (Å²) < 4.78 is 5.27. The number of hydrogen-bond acceptors (Lipinski definition) is 6. The fraction of sp³-hybridized carbons (Fsp3) is 0.222. The lowest BCUT2D eigenvalue weighted by Crippen LogP contribution is -2.27. The molecule has 1 aliphatic carbocycles. The number of nitrogens with zero attached hydrogens (tertiary/aromatic N) is 1. The van der Waals surface area contributed by atoms with Crippen molar-refractivity contribution in [3.8, 4) is 5.75 Å². The van der Waals surface area contributed by atoms with E-state index in [1.54, 1.807) is 26.2 Å². The van der Waals surface area contributed by atoms with E-state index >= 15 is 0 Å². The third-order valence-corrected chi connectivity index (χ3v) is 6.66. The number of benzene rings is 3. The molecule has 3 aromatic carbocycles. The van der Waals surface area contributed by atoms with Gasteiger partial charge < -0.3 is 15.4 Å². The van der Waals surface area contributed by atoms with Crippen LogP contribution >= 0.6 is 0 Å². The van der Waals surface area contributed by atoms with E-state index < -0.39 is 6.04 Å². The second kappa shape index (κ2) is 8.67. The van der Waals surface area contributed by atoms with E-state index in [4.69, 9.17) is 4.74 Å². The highest BCUT2D eigenvalue weighted by atomic mass is 16.6. The number of carbonyl (C=O) groups excluding carboxylic acids is 1. The molecule has 2 N–H and O–H groups in total. The Labute approximate surface area is 197 Å². The number of nitrogens with one attached hydrogen (secondary N) is 2. The van der Waals surface area contributed by atoms with Gasteiger partial charge in [-0.05, 0) is 54.7 Å². The summed E-state index contributed by atoms with van der Waals surface area (Å²) in [5, 5.41) is 18.6. The molecule has 2 atom stereocenters. The van der Waals surface area contributed by atoms with E-state index in [0.717, 1.165) is 28.4 Å². The Balaban J connectivity index is 1.60. The number of allylic oxidation sites excluding steroid dienone is 1. The average molecular weight is 456 g/mol. The predicted octanol–water partition coefficient (Wildman–Crippen LogP) is 5.89. The predicted molar refractivity (Wildman–Crippen MR) is 131 cm³/mol. The van der Waals surface area contributed by atoms with Crippen LogP contribution in [-0.2, 0) is 4.79 Å². The molecule has 2 aliphatic rings. The van der Waals surface area contributed by atoms with Crippen molar-refractivity contribution in [2.45, 2.75) is 31.7 Å². The number of nitro groups is 1. The lowest BCUT2D eigenvalue weighted by molar-refractivity contribution is -0.385. The zero-order chi connectivity index (χ0) is 23.8. The molecule has 7 nitrogen and oxygen atoms in total. The van der Waals surface area contributed by atoms with Crippen LogP contribution < -0.4 is 15.4 Å². The number of nitro benzene ring substituents is 1. The number of Topliss-reactive ketones (excluding diaryl/α,β-unsaturated/α-hetero) is 1. The van der Waals surface area contributed by atoms with Crippen molar-refractivity contribution in [1.82, 2.24) is 0 Å². The Morgan fingerprint density at radius 2 is 1.68 bits per heavy atom. The Hall–Kier alpha value is -4.13. The fourth-order valence-corrected chi connectivity index (χ4v) is 4.86. The van der Waals surface area contributed by atoms with Crippen molar-refractivity contribution >= 4 is 22.8 Å². The van der Waals surface area contributed by atoms with Gasteiger partial charge in [0, 0.05) is 29.3 Å². The van der Waals surface area contributed by atoms with Gasteiger partial charge in [0.25, 0.3) is 5.69 Å². The number of ketones is 1. The quantitative estimate of drug-likeness (QED) is 0.376. The summed E-state index contributed by atoms with van der Waals surface area (Å²) in [5.41, 5.74) is 5.62. The van der Waals surface area contributed by atoms with E-state index in [0.29, 0.717) is 29.5 Å². The van der Waals surface area contributed by atoms with Gasteiger partial charge >= 0.3 is 0 Å². The van der Waals surface area contributed by atoms with Gasteiger partial charge in [0.1, 0.15) is 5.75 Å². The van der Waals surface area contributed by atoms with Crippen molar-refractivity contribution in [3.05, 3.63) is 105 Å². The molecule has 0 fully saturated rings. The number of aryl methyl sites for hydroxylation is 1. The van der Waals surface area contributed by atoms with Crippen LogP contribution in [0.15, 0.2) is 78.0 Å². The summed E-state index contributed by atoms with van der Waals surface area (Å²) in [5.74, 6) is 0.837. The van der Waals surface area contributed by atoms with Crippen molar-refractivity contribution in [2.75, 3.05) is 17.7 Å². The number of hydrogen-bond donors (Lipinski definition) is 2. The van der Waals surface area contributed by atoms with Gasteiger partial charge in [0.15, 0.2) is 5.78 Å². The van der Waals surface area contributed by atoms with Gasteiger partial charge in [-0.3, -0.25) is 14.9 Å². The lowest BCUT2D eigenvalue weighted by atomic mass is 9.78. The number of carbonyl (C=O) groups is 1. The first kappa shape index (κ1) is 21.7. The third-order valence-electron chi connectivity index (χ3n) is 6.66. The van der Waals surface area contributed by atoms with Crippen LogP contribution in [0.1, 0.15) is 41.5 Å². The van der Waals surface area contributed by atoms with Gasteiger partial charge in [-0.1, -0.05) is 36.4 Å². The van der Waals surface area contributed by atoms with Crippen molar-refractivity contribution < 1.29 is 14.5 Å². The molecule has 0 radical (unpaired) electrons. The number of anilines is 2. The lowest BCUT2D eigenvalue weighted by Gasteiger charge is -2.30. The van der Waals surface area contributed by atoms with E-state index in [-0.39, 0.29) is 22.3 Å². The molecule has 7 heteroatoms. The van der Waals surface area contributed by atoms with Crippen molar-refractivity contribution in [2.24, 2.45) is 0 Å². The first-order chi connectivity index (χ1) is 16.4. The molecular formula is C27H25N3O4. The van der Waals surface area contributed by atoms with Gasteiger partial charge in [-0.25, -0.2) is 0 Å². The number of methoxy groups -OCH3 is 1. The Bertz CT molecular complexity index is 1310. The van der Waals surface area contributed by atoms with Crippen LogP contribution in [0.5, 0.6) is 5.75 Å². The molecule has 0 saturated carbocycles. The highest BCUT2D eigenvalue weighted by Gasteiger charge is 2.36. The van der Waals surface area contributed by atoms with E-state index in [1.807, 2.05) is 54.6 Å². The van der Waals surface area contributed by atoms with E-state index in [2.05, 4.69) is 10.6 Å². The minimum atomic E-state index is -0.491. The molecule has 172 valence electrons. The summed E-state index contributed by atoms with van der Waals surface area (Å²) in [6.45, 7) is 1.72. The van der Waals surface area contributed by atoms with Crippen LogP contribution in [0.4, 0.5) is 17.1 Å². The van der Waals surface area contributed by atoms with Crippen LogP contribution in [0.3, 0.4) is 0 Å². The Morgan fingerprint density at radius 3 is 2.38 bits per heavy atom. The zero-order valence-electron chi connectivity index (χ0n) is 19.0. The molecule has 0 spiro atoms. The highest BCUT2D eigenvalue weighted by Crippen LogP contribution is 2.44. The number of fused-ring (bicyclic) bond motifs is 1. The normalized spacial score (nSPS) is 19.3. The summed E-state index contributed by atoms with van der Waals surface area (Å²) in [7, 11) is 1.63. The first-order valence-corrected chi connectivity index (χ1v) is 11.2. The van der Waals surface area contributed by atoms with Gasteiger partial charge in [-0.2, -0.15) is 0 Å². The smallest absolute Gasteiger partial charge is 0.272 e. The highest BCUT2D eigenvalue weighted by molar-refractivity contribution is 6.01. The van der Waals surface area contributed by atoms with Crippen LogP contribution in [0, 0.1) is 17.0 Å². The minimum Gasteiger partial charge on any atom is -0.497 e. The van der Waals surface area contributed by atoms with Crippen molar-refractivity contribution in [1.29, 1.82) is 0 Å². The molecule has 1 heterocycles. The Kier molecular flexibility index (Phi) is 5.53. The van der Waals surface area contributed by atoms with Gasteiger partial charge in [-0.15, -0.1) is 0 Å². The molecule has 0 amide bonds. The summed E-state index contributed by atoms with van der Waals surface area (Å²) in [6.07, 6.45) is 1.03. The molecule has 5 rings (SSSR count). The first-order valence-electron chi connectivity index (χ1n) is 11.2. The SMILES string of the molecule is COc1ccc([C@H]2CC(=O)C3=C(C2)Nc2ccccc2N[C@@H]3c2ccc(C)c([N+](=O)[O-])c2)cc1. The zero-order valence-corrected chi connectivity index (χ0v) is 19.0. The van der Waals surface area contributed by atoms with Crippen LogP contribution in [-0.4, -0.2) is 17.8 Å². The second-order valence-corrected chi connectivity index (χ2v) is 8.74. The van der Waals surface area contributed by atoms with Crippen LogP contribution in [0.25, 0.3) is 0 Å². The molecule has 0 bridgehead atoms. The summed E-state index contributed by atoms with van der Waals surface area (Å²) in [4.78, 5) is 24.8. The molecule has 3 aromatic rings. The fourth-order valence-electron chi connectivity index (χ4n) is 4.86. The number of para-hydroxylation sites is 2. The molecule has 0 saturated heterocycles. The standard InChI is InChI=1S/C27H25N3O4/c1-16-7-8-18(14-24(16)30(32)33)27-26-23(28-21-5-3-4-6-22(21)29-27)13-19(15-25(26)31)17-9-11-20(34-2)12-10-17/h3-12,14,19,27-29H,13,15H2,1-2H3/t19-,27-/m1/s1. The number of rotatable bonds is 4.